The second kappa shape index (κ2) is 5.42. The highest BCUT2D eigenvalue weighted by molar-refractivity contribution is 9.10. The number of alkyl halides is 1. The highest BCUT2D eigenvalue weighted by Crippen LogP contribution is 2.17. The molecule has 0 bridgehead atoms. The van der Waals surface area contributed by atoms with Crippen LogP contribution in [0.4, 0.5) is 0 Å². The second-order valence-corrected chi connectivity index (χ2v) is 4.25. The maximum atomic E-state index is 11.4. The summed E-state index contributed by atoms with van der Waals surface area (Å²) >= 11 is 6.31. The van der Waals surface area contributed by atoms with E-state index in [2.05, 4.69) is 36.6 Å². The molecule has 0 aromatic heterocycles. The largest absolute Gasteiger partial charge is 0.465 e. The Morgan fingerprint density at radius 3 is 2.40 bits per heavy atom. The number of Topliss-reactive ketones (excluding diaryl/α,β-unsaturated/α-hetero) is 1. The van der Waals surface area contributed by atoms with Gasteiger partial charge in [0.15, 0.2) is 5.78 Å². The number of esters is 1. The van der Waals surface area contributed by atoms with Crippen LogP contribution in [0, 0.1) is 0 Å². The van der Waals surface area contributed by atoms with E-state index >= 15 is 0 Å². The molecule has 3 nitrogen and oxygen atoms in total. The van der Waals surface area contributed by atoms with E-state index in [1.54, 1.807) is 12.1 Å². The molecule has 0 N–H and O–H groups in total. The first-order chi connectivity index (χ1) is 7.08. The Balaban J connectivity index is 3.16. The predicted molar refractivity (Wildman–Crippen MR) is 63.6 cm³/mol. The smallest absolute Gasteiger partial charge is 0.337 e. The molecule has 0 amide bonds. The van der Waals surface area contributed by atoms with Crippen LogP contribution in [0.5, 0.6) is 0 Å². The molecule has 0 aliphatic heterocycles. The van der Waals surface area contributed by atoms with E-state index in [9.17, 15) is 9.59 Å². The molecule has 0 aliphatic carbocycles. The molecular formula is C10H8Br2O3. The third kappa shape index (κ3) is 3.14. The Morgan fingerprint density at radius 1 is 1.27 bits per heavy atom. The van der Waals surface area contributed by atoms with Crippen LogP contribution in [-0.2, 0) is 4.74 Å². The molecule has 0 heterocycles. The average Bonchev–Trinajstić information content (AvgIpc) is 2.26. The summed E-state index contributed by atoms with van der Waals surface area (Å²) in [6, 6.07) is 4.78. The quantitative estimate of drug-likeness (QED) is 0.484. The van der Waals surface area contributed by atoms with E-state index < -0.39 is 5.97 Å². The summed E-state index contributed by atoms with van der Waals surface area (Å²) in [5.41, 5.74) is 0.831. The first-order valence-electron chi connectivity index (χ1n) is 4.06. The van der Waals surface area contributed by atoms with Gasteiger partial charge < -0.3 is 4.74 Å². The zero-order chi connectivity index (χ0) is 11.4. The number of rotatable bonds is 3. The molecule has 0 radical (unpaired) electrons. The minimum absolute atomic E-state index is 0.0820. The van der Waals surface area contributed by atoms with Crippen molar-refractivity contribution >= 4 is 43.6 Å². The van der Waals surface area contributed by atoms with E-state index in [1.165, 1.54) is 13.2 Å². The van der Waals surface area contributed by atoms with Crippen molar-refractivity contribution in [2.24, 2.45) is 0 Å². The van der Waals surface area contributed by atoms with Crippen LogP contribution < -0.4 is 0 Å². The van der Waals surface area contributed by atoms with Gasteiger partial charge in [-0.05, 0) is 18.2 Å². The van der Waals surface area contributed by atoms with Gasteiger partial charge in [0.25, 0.3) is 0 Å². The van der Waals surface area contributed by atoms with Crippen molar-refractivity contribution in [2.75, 3.05) is 12.4 Å². The molecule has 1 aromatic carbocycles. The molecule has 15 heavy (non-hydrogen) atoms. The van der Waals surface area contributed by atoms with Crippen molar-refractivity contribution in [2.45, 2.75) is 0 Å². The van der Waals surface area contributed by atoms with Crippen molar-refractivity contribution in [3.63, 3.8) is 0 Å². The maximum absolute atomic E-state index is 11.4. The third-order valence-corrected chi connectivity index (χ3v) is 2.73. The van der Waals surface area contributed by atoms with Gasteiger partial charge in [0.1, 0.15) is 0 Å². The molecule has 80 valence electrons. The van der Waals surface area contributed by atoms with Crippen LogP contribution in [0.1, 0.15) is 20.7 Å². The zero-order valence-electron chi connectivity index (χ0n) is 7.92. The van der Waals surface area contributed by atoms with Gasteiger partial charge in [-0.2, -0.15) is 0 Å². The fourth-order valence-electron chi connectivity index (χ4n) is 1.06. The number of hydrogen-bond acceptors (Lipinski definition) is 3. The maximum Gasteiger partial charge on any atom is 0.337 e. The van der Waals surface area contributed by atoms with Crippen molar-refractivity contribution in [3.05, 3.63) is 33.8 Å². The van der Waals surface area contributed by atoms with Gasteiger partial charge in [-0.3, -0.25) is 4.79 Å². The monoisotopic (exact) mass is 334 g/mol. The highest BCUT2D eigenvalue weighted by Gasteiger charge is 2.11. The van der Waals surface area contributed by atoms with Gasteiger partial charge in [0, 0.05) is 10.0 Å². The van der Waals surface area contributed by atoms with E-state index in [1.807, 2.05) is 0 Å². The lowest BCUT2D eigenvalue weighted by Crippen LogP contribution is -2.05. The Morgan fingerprint density at radius 2 is 1.87 bits per heavy atom. The van der Waals surface area contributed by atoms with Crippen LogP contribution >= 0.6 is 31.9 Å². The van der Waals surface area contributed by atoms with Gasteiger partial charge in [-0.1, -0.05) is 31.9 Å². The van der Waals surface area contributed by atoms with Gasteiger partial charge in [0.2, 0.25) is 0 Å². The number of hydrogen-bond donors (Lipinski definition) is 0. The minimum Gasteiger partial charge on any atom is -0.465 e. The first kappa shape index (κ1) is 12.4. The standard InChI is InChI=1S/C10H8Br2O3/c1-15-10(14)7-2-6(9(13)5-11)3-8(12)4-7/h2-4H,5H2,1H3. The molecule has 1 aromatic rings. The number of ketones is 1. The Bertz CT molecular complexity index is 367. The van der Waals surface area contributed by atoms with E-state index in [0.717, 1.165) is 0 Å². The van der Waals surface area contributed by atoms with Crippen molar-refractivity contribution in [1.82, 2.24) is 0 Å². The van der Waals surface area contributed by atoms with E-state index in [4.69, 9.17) is 0 Å². The third-order valence-electron chi connectivity index (χ3n) is 1.76. The Labute approximate surface area is 104 Å². The summed E-state index contributed by atoms with van der Waals surface area (Å²) in [6.07, 6.45) is 0. The predicted octanol–water partition coefficient (Wildman–Crippen LogP) is 2.81. The van der Waals surface area contributed by atoms with E-state index in [-0.39, 0.29) is 11.1 Å². The summed E-state index contributed by atoms with van der Waals surface area (Å²) in [5.74, 6) is -0.540. The molecule has 5 heteroatoms. The van der Waals surface area contributed by atoms with Gasteiger partial charge in [-0.25, -0.2) is 4.79 Å². The van der Waals surface area contributed by atoms with Crippen LogP contribution in [0.2, 0.25) is 0 Å². The van der Waals surface area contributed by atoms with Crippen LogP contribution in [0.25, 0.3) is 0 Å². The summed E-state index contributed by atoms with van der Waals surface area (Å²) in [7, 11) is 1.30. The lowest BCUT2D eigenvalue weighted by atomic mass is 10.1. The van der Waals surface area contributed by atoms with Gasteiger partial charge in [-0.15, -0.1) is 0 Å². The number of carbonyl (C=O) groups is 2. The molecule has 0 saturated carbocycles. The van der Waals surface area contributed by atoms with Gasteiger partial charge >= 0.3 is 5.97 Å². The number of carbonyl (C=O) groups excluding carboxylic acids is 2. The zero-order valence-corrected chi connectivity index (χ0v) is 11.1. The first-order valence-corrected chi connectivity index (χ1v) is 5.98. The van der Waals surface area contributed by atoms with Crippen LogP contribution in [0.15, 0.2) is 22.7 Å². The Hall–Kier alpha value is -0.680. The molecule has 0 saturated heterocycles. The van der Waals surface area contributed by atoms with Gasteiger partial charge in [0.05, 0.1) is 18.0 Å². The molecule has 0 atom stereocenters. The van der Waals surface area contributed by atoms with Crippen molar-refractivity contribution in [3.8, 4) is 0 Å². The molecule has 0 unspecified atom stereocenters. The number of benzene rings is 1. The molecule has 0 aliphatic rings. The second-order valence-electron chi connectivity index (χ2n) is 2.78. The topological polar surface area (TPSA) is 43.4 Å². The normalized spacial score (nSPS) is 9.80. The molecule has 0 spiro atoms. The summed E-state index contributed by atoms with van der Waals surface area (Å²) in [6.45, 7) is 0. The lowest BCUT2D eigenvalue weighted by molar-refractivity contribution is 0.0600. The van der Waals surface area contributed by atoms with Crippen LogP contribution in [0.3, 0.4) is 0 Å². The SMILES string of the molecule is COC(=O)c1cc(Br)cc(C(=O)CBr)c1. The molecule has 0 fully saturated rings. The van der Waals surface area contributed by atoms with Crippen molar-refractivity contribution < 1.29 is 14.3 Å². The number of ether oxygens (including phenoxy) is 1. The molecular weight excluding hydrogens is 328 g/mol. The summed E-state index contributed by atoms with van der Waals surface area (Å²) in [5, 5.41) is 0.226. The Kier molecular flexibility index (Phi) is 4.47. The summed E-state index contributed by atoms with van der Waals surface area (Å²) in [4.78, 5) is 22.7. The van der Waals surface area contributed by atoms with Crippen molar-refractivity contribution in [1.29, 1.82) is 0 Å². The number of methoxy groups -OCH3 is 1. The molecule has 1 rings (SSSR count). The highest BCUT2D eigenvalue weighted by atomic mass is 79.9. The summed E-state index contributed by atoms with van der Waals surface area (Å²) < 4.78 is 5.25. The lowest BCUT2D eigenvalue weighted by Gasteiger charge is -2.03. The van der Waals surface area contributed by atoms with Crippen LogP contribution in [-0.4, -0.2) is 24.2 Å². The fourth-order valence-corrected chi connectivity index (χ4v) is 1.88. The average molecular weight is 336 g/mol. The minimum atomic E-state index is -0.458. The number of halogens is 2. The van der Waals surface area contributed by atoms with E-state index in [0.29, 0.717) is 15.6 Å². The fraction of sp³-hybridized carbons (Fsp3) is 0.200.